The standard InChI is InChI=1S/C24H19FN4O3/c1-2-29-22(14-7-10-20(30)27-13-14)21(17-5-3-4-6-18(17)24(29)32)23(31)28-16-8-9-19(25)15(11-16)12-26/h3-11,13,21-22H,2H2,1H3,(H,27,30)(H,28,31). The van der Waals surface area contributed by atoms with Gasteiger partial charge in [0.25, 0.3) is 5.91 Å². The summed E-state index contributed by atoms with van der Waals surface area (Å²) in [5.41, 5.74) is 1.66. The Balaban J connectivity index is 1.82. The Labute approximate surface area is 183 Å². The Bertz CT molecular complexity index is 1240. The summed E-state index contributed by atoms with van der Waals surface area (Å²) >= 11 is 0. The fourth-order valence-corrected chi connectivity index (χ4v) is 4.07. The third kappa shape index (κ3) is 3.65. The molecule has 0 aliphatic carbocycles. The van der Waals surface area contributed by atoms with Crippen LogP contribution >= 0.6 is 0 Å². The molecule has 2 amide bonds. The van der Waals surface area contributed by atoms with Crippen molar-refractivity contribution in [2.24, 2.45) is 0 Å². The number of anilines is 1. The van der Waals surface area contributed by atoms with Crippen LogP contribution in [-0.4, -0.2) is 33.3 Å². The van der Waals surface area contributed by atoms with Crippen LogP contribution in [0, 0.1) is 17.1 Å². The lowest BCUT2D eigenvalue weighted by Gasteiger charge is -2.41. The van der Waals surface area contributed by atoms with E-state index in [1.54, 1.807) is 41.3 Å². The highest BCUT2D eigenvalue weighted by atomic mass is 19.1. The molecule has 1 aliphatic rings. The summed E-state index contributed by atoms with van der Waals surface area (Å²) in [4.78, 5) is 32.2. The Morgan fingerprint density at radius 1 is 1.25 bits per heavy atom. The molecule has 2 unspecified atom stereocenters. The number of carbonyl (C=O) groups excluding carboxylic acids is 2. The van der Waals surface area contributed by atoms with Crippen molar-refractivity contribution in [1.82, 2.24) is 9.88 Å². The van der Waals surface area contributed by atoms with Crippen LogP contribution in [0.3, 0.4) is 0 Å². The molecule has 0 saturated heterocycles. The molecule has 2 aromatic carbocycles. The van der Waals surface area contributed by atoms with E-state index in [2.05, 4.69) is 10.3 Å². The monoisotopic (exact) mass is 430 g/mol. The number of amides is 2. The van der Waals surface area contributed by atoms with Crippen LogP contribution in [0.5, 0.6) is 5.88 Å². The molecule has 1 aromatic heterocycles. The number of hydrogen-bond donors (Lipinski definition) is 2. The topological polar surface area (TPSA) is 106 Å². The van der Waals surface area contributed by atoms with Gasteiger partial charge in [0.2, 0.25) is 11.8 Å². The first-order chi connectivity index (χ1) is 15.4. The molecule has 2 atom stereocenters. The number of aromatic hydroxyl groups is 1. The second kappa shape index (κ2) is 8.47. The van der Waals surface area contributed by atoms with E-state index in [4.69, 9.17) is 5.26 Å². The molecule has 2 heterocycles. The second-order valence-corrected chi connectivity index (χ2v) is 7.35. The van der Waals surface area contributed by atoms with Crippen molar-refractivity contribution in [2.45, 2.75) is 18.9 Å². The molecule has 1 aliphatic heterocycles. The molecule has 8 heteroatoms. The minimum Gasteiger partial charge on any atom is -0.493 e. The summed E-state index contributed by atoms with van der Waals surface area (Å²) in [6.45, 7) is 2.17. The van der Waals surface area contributed by atoms with Gasteiger partial charge in [0.1, 0.15) is 11.9 Å². The number of likely N-dealkylation sites (N-methyl/N-ethyl adjacent to an activating group) is 1. The molecule has 2 N–H and O–H groups in total. The molecular formula is C24H19FN4O3. The molecule has 7 nitrogen and oxygen atoms in total. The zero-order chi connectivity index (χ0) is 22.8. The Kier molecular flexibility index (Phi) is 5.56. The van der Waals surface area contributed by atoms with E-state index in [0.717, 1.165) is 6.07 Å². The van der Waals surface area contributed by atoms with Gasteiger partial charge in [0.15, 0.2) is 0 Å². The summed E-state index contributed by atoms with van der Waals surface area (Å²) in [5.74, 6) is -2.28. The summed E-state index contributed by atoms with van der Waals surface area (Å²) in [7, 11) is 0. The van der Waals surface area contributed by atoms with Crippen LogP contribution in [0.2, 0.25) is 0 Å². The molecule has 32 heavy (non-hydrogen) atoms. The van der Waals surface area contributed by atoms with Gasteiger partial charge in [-0.1, -0.05) is 24.3 Å². The third-order valence-corrected chi connectivity index (χ3v) is 5.53. The van der Waals surface area contributed by atoms with Crippen LogP contribution < -0.4 is 5.32 Å². The molecule has 0 fully saturated rings. The second-order valence-electron chi connectivity index (χ2n) is 7.35. The average Bonchev–Trinajstić information content (AvgIpc) is 2.80. The van der Waals surface area contributed by atoms with Crippen LogP contribution in [0.1, 0.15) is 45.9 Å². The van der Waals surface area contributed by atoms with Crippen molar-refractivity contribution >= 4 is 17.5 Å². The van der Waals surface area contributed by atoms with E-state index in [0.29, 0.717) is 23.2 Å². The zero-order valence-electron chi connectivity index (χ0n) is 17.1. The lowest BCUT2D eigenvalue weighted by Crippen LogP contribution is -2.46. The number of nitrogens with one attached hydrogen (secondary N) is 1. The van der Waals surface area contributed by atoms with E-state index >= 15 is 0 Å². The maximum atomic E-state index is 13.7. The Hall–Kier alpha value is -4.25. The molecule has 4 rings (SSSR count). The normalized spacial score (nSPS) is 17.4. The van der Waals surface area contributed by atoms with Crippen molar-refractivity contribution in [3.8, 4) is 11.9 Å². The highest BCUT2D eigenvalue weighted by Crippen LogP contribution is 2.43. The maximum absolute atomic E-state index is 13.7. The number of nitriles is 1. The first kappa shape index (κ1) is 21.0. The van der Waals surface area contributed by atoms with Gasteiger partial charge in [-0.25, -0.2) is 9.37 Å². The predicted molar refractivity (Wildman–Crippen MR) is 114 cm³/mol. The van der Waals surface area contributed by atoms with Gasteiger partial charge in [-0.3, -0.25) is 9.59 Å². The van der Waals surface area contributed by atoms with Crippen molar-refractivity contribution < 1.29 is 19.1 Å². The van der Waals surface area contributed by atoms with E-state index in [9.17, 15) is 19.1 Å². The fourth-order valence-electron chi connectivity index (χ4n) is 4.07. The van der Waals surface area contributed by atoms with Crippen LogP contribution in [-0.2, 0) is 4.79 Å². The summed E-state index contributed by atoms with van der Waals surface area (Å²) in [6, 6.07) is 14.8. The summed E-state index contributed by atoms with van der Waals surface area (Å²) < 4.78 is 13.7. The number of pyridine rings is 1. The van der Waals surface area contributed by atoms with E-state index in [1.165, 1.54) is 24.4 Å². The number of benzene rings is 2. The van der Waals surface area contributed by atoms with Crippen molar-refractivity contribution in [1.29, 1.82) is 5.26 Å². The van der Waals surface area contributed by atoms with Crippen LogP contribution in [0.15, 0.2) is 60.8 Å². The number of hydrogen-bond acceptors (Lipinski definition) is 5. The van der Waals surface area contributed by atoms with Gasteiger partial charge in [-0.05, 0) is 42.3 Å². The largest absolute Gasteiger partial charge is 0.493 e. The highest BCUT2D eigenvalue weighted by molar-refractivity contribution is 6.04. The van der Waals surface area contributed by atoms with Crippen molar-refractivity contribution in [3.05, 3.63) is 88.9 Å². The minimum atomic E-state index is -0.800. The van der Waals surface area contributed by atoms with Crippen LogP contribution in [0.25, 0.3) is 0 Å². The molecule has 0 radical (unpaired) electrons. The number of rotatable bonds is 4. The Morgan fingerprint density at radius 2 is 2.03 bits per heavy atom. The number of fused-ring (bicyclic) bond motifs is 1. The molecule has 0 spiro atoms. The van der Waals surface area contributed by atoms with E-state index in [-0.39, 0.29) is 23.0 Å². The minimum absolute atomic E-state index is 0.171. The molecular weight excluding hydrogens is 411 g/mol. The Morgan fingerprint density at radius 3 is 2.72 bits per heavy atom. The third-order valence-electron chi connectivity index (χ3n) is 5.53. The van der Waals surface area contributed by atoms with Crippen LogP contribution in [0.4, 0.5) is 10.1 Å². The smallest absolute Gasteiger partial charge is 0.254 e. The summed E-state index contributed by atoms with van der Waals surface area (Å²) in [5, 5.41) is 21.5. The van der Waals surface area contributed by atoms with Crippen molar-refractivity contribution in [3.63, 3.8) is 0 Å². The van der Waals surface area contributed by atoms with Gasteiger partial charge in [0.05, 0.1) is 17.5 Å². The fraction of sp³-hybridized carbons (Fsp3) is 0.167. The van der Waals surface area contributed by atoms with Gasteiger partial charge >= 0.3 is 0 Å². The SMILES string of the molecule is CCN1C(=O)c2ccccc2C(C(=O)Nc2ccc(F)c(C#N)c2)C1c1ccc(O)nc1. The quantitative estimate of drug-likeness (QED) is 0.656. The van der Waals surface area contributed by atoms with Gasteiger partial charge < -0.3 is 15.3 Å². The number of halogens is 1. The lowest BCUT2D eigenvalue weighted by atomic mass is 9.79. The highest BCUT2D eigenvalue weighted by Gasteiger charge is 2.43. The lowest BCUT2D eigenvalue weighted by molar-refractivity contribution is -0.119. The molecule has 160 valence electrons. The van der Waals surface area contributed by atoms with Gasteiger partial charge in [-0.15, -0.1) is 0 Å². The average molecular weight is 430 g/mol. The predicted octanol–water partition coefficient (Wildman–Crippen LogP) is 3.74. The number of carbonyl (C=O) groups is 2. The van der Waals surface area contributed by atoms with E-state index < -0.39 is 23.7 Å². The van der Waals surface area contributed by atoms with Gasteiger partial charge in [0, 0.05) is 30.1 Å². The molecule has 0 bridgehead atoms. The molecule has 0 saturated carbocycles. The first-order valence-corrected chi connectivity index (χ1v) is 10.00. The number of aromatic nitrogens is 1. The first-order valence-electron chi connectivity index (χ1n) is 10.00. The van der Waals surface area contributed by atoms with Crippen molar-refractivity contribution in [2.75, 3.05) is 11.9 Å². The number of nitrogens with zero attached hydrogens (tertiary/aromatic N) is 3. The van der Waals surface area contributed by atoms with E-state index in [1.807, 2.05) is 6.92 Å². The van der Waals surface area contributed by atoms with Gasteiger partial charge in [-0.2, -0.15) is 5.26 Å². The zero-order valence-corrected chi connectivity index (χ0v) is 17.1. The maximum Gasteiger partial charge on any atom is 0.254 e. The summed E-state index contributed by atoms with van der Waals surface area (Å²) in [6.07, 6.45) is 1.44. The molecule has 3 aromatic rings.